The number of anilines is 1. The molecule has 1 heterocycles. The molecule has 0 aliphatic heterocycles. The minimum Gasteiger partial charge on any atom is -0.322 e. The van der Waals surface area contributed by atoms with Crippen LogP contribution in [0.2, 0.25) is 0 Å². The smallest absolute Gasteiger partial charge is 0.322 e. The van der Waals surface area contributed by atoms with Crippen LogP contribution in [-0.4, -0.2) is 15.7 Å². The first-order valence-corrected chi connectivity index (χ1v) is 7.44. The Balaban J connectivity index is 1.81. The van der Waals surface area contributed by atoms with E-state index in [9.17, 15) is 18.0 Å². The summed E-state index contributed by atoms with van der Waals surface area (Å²) < 4.78 is 40.4. The number of hydrogen-bond donors (Lipinski definition) is 1. The molecule has 1 amide bonds. The van der Waals surface area contributed by atoms with Gasteiger partial charge in [0.2, 0.25) is 0 Å². The van der Waals surface area contributed by atoms with Gasteiger partial charge in [0.25, 0.3) is 5.91 Å². The van der Waals surface area contributed by atoms with Gasteiger partial charge in [-0.15, -0.1) is 0 Å². The van der Waals surface area contributed by atoms with E-state index in [4.69, 9.17) is 0 Å². The molecule has 0 unspecified atom stereocenters. The molecule has 0 saturated carbocycles. The molecule has 0 bridgehead atoms. The zero-order valence-electron chi connectivity index (χ0n) is 13.2. The third-order valence-corrected chi connectivity index (χ3v) is 3.67. The lowest BCUT2D eigenvalue weighted by atomic mass is 10.1. The Morgan fingerprint density at radius 3 is 2.52 bits per heavy atom. The second-order valence-electron chi connectivity index (χ2n) is 5.49. The number of nitrogens with one attached hydrogen (secondary N) is 1. The molecule has 2 aromatic carbocycles. The fourth-order valence-electron chi connectivity index (χ4n) is 2.37. The van der Waals surface area contributed by atoms with E-state index in [1.165, 1.54) is 36.1 Å². The lowest BCUT2D eigenvalue weighted by molar-refractivity contribution is -0.138. The summed E-state index contributed by atoms with van der Waals surface area (Å²) in [5.74, 6) is -0.529. The SMILES string of the molecule is Cc1ccc(NC(=O)c2cnn(-c3ccccc3)c2)cc1C(F)(F)F. The maximum atomic E-state index is 13.0. The Hall–Kier alpha value is -3.09. The van der Waals surface area contributed by atoms with Gasteiger partial charge < -0.3 is 5.32 Å². The molecule has 0 spiro atoms. The Morgan fingerprint density at radius 2 is 1.84 bits per heavy atom. The number of nitrogens with zero attached hydrogens (tertiary/aromatic N) is 2. The molecule has 1 aromatic heterocycles. The highest BCUT2D eigenvalue weighted by atomic mass is 19.4. The number of hydrogen-bond acceptors (Lipinski definition) is 2. The van der Waals surface area contributed by atoms with E-state index in [1.54, 1.807) is 0 Å². The minimum absolute atomic E-state index is 0.0791. The van der Waals surface area contributed by atoms with Crippen molar-refractivity contribution in [1.82, 2.24) is 9.78 Å². The van der Waals surface area contributed by atoms with Gasteiger partial charge in [-0.1, -0.05) is 24.3 Å². The molecular formula is C18H14F3N3O. The largest absolute Gasteiger partial charge is 0.416 e. The van der Waals surface area contributed by atoms with Crippen molar-refractivity contribution in [1.29, 1.82) is 0 Å². The van der Waals surface area contributed by atoms with Crippen LogP contribution in [0.1, 0.15) is 21.5 Å². The van der Waals surface area contributed by atoms with Crippen molar-refractivity contribution in [3.8, 4) is 5.69 Å². The summed E-state index contributed by atoms with van der Waals surface area (Å²) in [5, 5.41) is 6.57. The molecule has 3 rings (SSSR count). The Bertz CT molecular complexity index is 901. The molecule has 1 N–H and O–H groups in total. The van der Waals surface area contributed by atoms with Gasteiger partial charge in [-0.2, -0.15) is 18.3 Å². The highest BCUT2D eigenvalue weighted by molar-refractivity contribution is 6.04. The summed E-state index contributed by atoms with van der Waals surface area (Å²) in [6.07, 6.45) is -1.59. The summed E-state index contributed by atoms with van der Waals surface area (Å²) in [6, 6.07) is 12.9. The highest BCUT2D eigenvalue weighted by Gasteiger charge is 2.32. The van der Waals surface area contributed by atoms with Crippen LogP contribution in [0.5, 0.6) is 0 Å². The number of halogens is 3. The first kappa shape index (κ1) is 16.8. The van der Waals surface area contributed by atoms with Gasteiger partial charge in [-0.05, 0) is 36.8 Å². The van der Waals surface area contributed by atoms with E-state index in [0.717, 1.165) is 11.8 Å². The summed E-state index contributed by atoms with van der Waals surface area (Å²) in [7, 11) is 0. The quantitative estimate of drug-likeness (QED) is 0.762. The summed E-state index contributed by atoms with van der Waals surface area (Å²) in [4.78, 5) is 12.3. The zero-order valence-corrected chi connectivity index (χ0v) is 13.2. The molecule has 0 aliphatic carbocycles. The van der Waals surface area contributed by atoms with Gasteiger partial charge in [-0.3, -0.25) is 4.79 Å². The zero-order chi connectivity index (χ0) is 18.0. The minimum atomic E-state index is -4.47. The Morgan fingerprint density at radius 1 is 1.12 bits per heavy atom. The van der Waals surface area contributed by atoms with Crippen LogP contribution in [0.4, 0.5) is 18.9 Å². The number of aromatic nitrogens is 2. The number of rotatable bonds is 3. The van der Waals surface area contributed by atoms with Gasteiger partial charge in [0.05, 0.1) is 23.0 Å². The molecule has 0 radical (unpaired) electrons. The Kier molecular flexibility index (Phi) is 4.31. The standard InChI is InChI=1S/C18H14F3N3O/c1-12-7-8-14(9-16(12)18(19,20)21)23-17(25)13-10-22-24(11-13)15-5-3-2-4-6-15/h2-11H,1H3,(H,23,25). The van der Waals surface area contributed by atoms with Gasteiger partial charge in [0.15, 0.2) is 0 Å². The van der Waals surface area contributed by atoms with Crippen LogP contribution < -0.4 is 5.32 Å². The van der Waals surface area contributed by atoms with Crippen molar-refractivity contribution in [3.63, 3.8) is 0 Å². The number of carbonyl (C=O) groups is 1. The number of amides is 1. The lowest BCUT2D eigenvalue weighted by Crippen LogP contribution is -2.13. The highest BCUT2D eigenvalue weighted by Crippen LogP contribution is 2.33. The van der Waals surface area contributed by atoms with E-state index >= 15 is 0 Å². The van der Waals surface area contributed by atoms with Crippen molar-refractivity contribution < 1.29 is 18.0 Å². The molecule has 25 heavy (non-hydrogen) atoms. The molecule has 7 heteroatoms. The molecule has 128 valence electrons. The first-order valence-electron chi connectivity index (χ1n) is 7.44. The second-order valence-corrected chi connectivity index (χ2v) is 5.49. The fraction of sp³-hybridized carbons (Fsp3) is 0.111. The fourth-order valence-corrected chi connectivity index (χ4v) is 2.37. The predicted octanol–water partition coefficient (Wildman–Crippen LogP) is 4.45. The third-order valence-electron chi connectivity index (χ3n) is 3.67. The summed E-state index contributed by atoms with van der Waals surface area (Å²) in [5.41, 5.74) is 0.428. The monoisotopic (exact) mass is 345 g/mol. The summed E-state index contributed by atoms with van der Waals surface area (Å²) >= 11 is 0. The van der Waals surface area contributed by atoms with Crippen molar-refractivity contribution in [2.75, 3.05) is 5.32 Å². The Labute approximate surface area is 141 Å². The topological polar surface area (TPSA) is 46.9 Å². The molecule has 0 atom stereocenters. The van der Waals surface area contributed by atoms with E-state index in [1.807, 2.05) is 30.3 Å². The van der Waals surface area contributed by atoms with Crippen LogP contribution in [0.15, 0.2) is 60.9 Å². The first-order chi connectivity index (χ1) is 11.8. The van der Waals surface area contributed by atoms with Crippen molar-refractivity contribution in [2.45, 2.75) is 13.1 Å². The summed E-state index contributed by atoms with van der Waals surface area (Å²) in [6.45, 7) is 1.37. The van der Waals surface area contributed by atoms with Crippen molar-refractivity contribution in [3.05, 3.63) is 77.6 Å². The molecule has 0 fully saturated rings. The van der Waals surface area contributed by atoms with Gasteiger partial charge in [0.1, 0.15) is 0 Å². The predicted molar refractivity (Wildman–Crippen MR) is 87.7 cm³/mol. The number of carbonyl (C=O) groups excluding carboxylic acids is 1. The lowest BCUT2D eigenvalue weighted by Gasteiger charge is -2.12. The average molecular weight is 345 g/mol. The third kappa shape index (κ3) is 3.71. The van der Waals surface area contributed by atoms with Crippen LogP contribution in [0.3, 0.4) is 0 Å². The number of alkyl halides is 3. The molecular weight excluding hydrogens is 331 g/mol. The molecule has 4 nitrogen and oxygen atoms in total. The van der Waals surface area contributed by atoms with E-state index in [-0.39, 0.29) is 16.8 Å². The number of aryl methyl sites for hydroxylation is 1. The average Bonchev–Trinajstić information content (AvgIpc) is 3.06. The van der Waals surface area contributed by atoms with Gasteiger partial charge >= 0.3 is 6.18 Å². The second kappa shape index (κ2) is 6.43. The van der Waals surface area contributed by atoms with Crippen molar-refractivity contribution >= 4 is 11.6 Å². The maximum absolute atomic E-state index is 13.0. The molecule has 3 aromatic rings. The van der Waals surface area contributed by atoms with E-state index < -0.39 is 17.6 Å². The normalized spacial score (nSPS) is 11.4. The maximum Gasteiger partial charge on any atom is 0.416 e. The van der Waals surface area contributed by atoms with Crippen molar-refractivity contribution in [2.24, 2.45) is 0 Å². The van der Waals surface area contributed by atoms with E-state index in [0.29, 0.717) is 0 Å². The van der Waals surface area contributed by atoms with Crippen LogP contribution in [0, 0.1) is 6.92 Å². The van der Waals surface area contributed by atoms with Crippen LogP contribution in [-0.2, 0) is 6.18 Å². The van der Waals surface area contributed by atoms with E-state index in [2.05, 4.69) is 10.4 Å². The van der Waals surface area contributed by atoms with Crippen LogP contribution >= 0.6 is 0 Å². The number of benzene rings is 2. The van der Waals surface area contributed by atoms with Gasteiger partial charge in [-0.25, -0.2) is 4.68 Å². The van der Waals surface area contributed by atoms with Gasteiger partial charge in [0, 0.05) is 11.9 Å². The number of para-hydroxylation sites is 1. The van der Waals surface area contributed by atoms with Crippen LogP contribution in [0.25, 0.3) is 5.69 Å². The molecule has 0 aliphatic rings. The molecule has 0 saturated heterocycles.